The van der Waals surface area contributed by atoms with Gasteiger partial charge in [0.25, 0.3) is 0 Å². The van der Waals surface area contributed by atoms with E-state index < -0.39 is 0 Å². The fraction of sp³-hybridized carbons (Fsp3) is 0.200. The van der Waals surface area contributed by atoms with Gasteiger partial charge in [0.05, 0.1) is 0 Å². The number of benzene rings is 2. The number of hydrogen-bond acceptors (Lipinski definition) is 1. The van der Waals surface area contributed by atoms with E-state index in [1.54, 1.807) is 6.07 Å². The zero-order chi connectivity index (χ0) is 15.5. The van der Waals surface area contributed by atoms with E-state index in [0.29, 0.717) is 0 Å². The molecule has 1 unspecified atom stereocenters. The van der Waals surface area contributed by atoms with Crippen LogP contribution in [-0.4, -0.2) is 25.5 Å². The smallest absolute Gasteiger partial charge is 0.123 e. The molecule has 0 heterocycles. The van der Waals surface area contributed by atoms with Crippen molar-refractivity contribution in [1.29, 1.82) is 0 Å². The Morgan fingerprint density at radius 2 is 1.73 bits per heavy atom. The molecule has 0 N–H and O–H groups in total. The zero-order valence-corrected chi connectivity index (χ0v) is 13.0. The molecule has 2 aromatic carbocycles. The number of hydrogen-bond donors (Lipinski definition) is 0. The molecule has 0 radical (unpaired) electrons. The van der Waals surface area contributed by atoms with Crippen LogP contribution in [0.25, 0.3) is 12.2 Å². The second kappa shape index (κ2) is 6.29. The van der Waals surface area contributed by atoms with Crippen LogP contribution in [0.1, 0.15) is 28.2 Å². The van der Waals surface area contributed by atoms with Gasteiger partial charge in [0.15, 0.2) is 0 Å². The van der Waals surface area contributed by atoms with Crippen molar-refractivity contribution in [3.63, 3.8) is 0 Å². The van der Waals surface area contributed by atoms with Gasteiger partial charge in [-0.05, 0) is 48.5 Å². The van der Waals surface area contributed by atoms with E-state index in [-0.39, 0.29) is 11.7 Å². The summed E-state index contributed by atoms with van der Waals surface area (Å²) >= 11 is 0. The van der Waals surface area contributed by atoms with Gasteiger partial charge in [0, 0.05) is 12.5 Å². The third-order valence-corrected chi connectivity index (χ3v) is 3.96. The normalized spacial score (nSPS) is 16.6. The molecule has 1 atom stereocenters. The maximum absolute atomic E-state index is 13.8. The standard InChI is InChI=1S/C20H20FN/c1-22(2)13-5-8-19-18-7-4-3-6-15(18)9-10-16-11-12-17(21)14-20(16)19/h3-12,14,19H,13H2,1-2H3. The van der Waals surface area contributed by atoms with Gasteiger partial charge in [0.2, 0.25) is 0 Å². The molecule has 0 saturated heterocycles. The third kappa shape index (κ3) is 3.02. The Labute approximate surface area is 131 Å². The highest BCUT2D eigenvalue weighted by molar-refractivity contribution is 5.77. The lowest BCUT2D eigenvalue weighted by Crippen LogP contribution is -2.11. The molecule has 22 heavy (non-hydrogen) atoms. The Morgan fingerprint density at radius 3 is 2.50 bits per heavy atom. The van der Waals surface area contributed by atoms with Crippen molar-refractivity contribution >= 4 is 12.2 Å². The van der Waals surface area contributed by atoms with Gasteiger partial charge in [-0.3, -0.25) is 0 Å². The van der Waals surface area contributed by atoms with Crippen molar-refractivity contribution in [2.24, 2.45) is 0 Å². The molecular formula is C20H20FN. The predicted molar refractivity (Wildman–Crippen MR) is 91.3 cm³/mol. The summed E-state index contributed by atoms with van der Waals surface area (Å²) < 4.78 is 13.8. The number of likely N-dealkylation sites (N-methyl/N-ethyl adjacent to an activating group) is 1. The van der Waals surface area contributed by atoms with Crippen LogP contribution in [0.4, 0.5) is 4.39 Å². The number of allylic oxidation sites excluding steroid dienone is 1. The lowest BCUT2D eigenvalue weighted by Gasteiger charge is -2.17. The van der Waals surface area contributed by atoms with Crippen molar-refractivity contribution in [1.82, 2.24) is 4.90 Å². The number of halogens is 1. The minimum Gasteiger partial charge on any atom is -0.306 e. The van der Waals surface area contributed by atoms with Crippen molar-refractivity contribution in [3.8, 4) is 0 Å². The van der Waals surface area contributed by atoms with Gasteiger partial charge >= 0.3 is 0 Å². The molecule has 112 valence electrons. The van der Waals surface area contributed by atoms with Gasteiger partial charge in [-0.25, -0.2) is 4.39 Å². The van der Waals surface area contributed by atoms with Crippen molar-refractivity contribution < 1.29 is 4.39 Å². The van der Waals surface area contributed by atoms with Gasteiger partial charge < -0.3 is 4.90 Å². The number of fused-ring (bicyclic) bond motifs is 2. The Morgan fingerprint density at radius 1 is 1.00 bits per heavy atom. The molecule has 2 heteroatoms. The molecule has 0 amide bonds. The fourth-order valence-electron chi connectivity index (χ4n) is 2.87. The highest BCUT2D eigenvalue weighted by atomic mass is 19.1. The van der Waals surface area contributed by atoms with E-state index in [9.17, 15) is 4.39 Å². The first kappa shape index (κ1) is 14.7. The van der Waals surface area contributed by atoms with E-state index in [1.807, 2.05) is 32.3 Å². The summed E-state index contributed by atoms with van der Waals surface area (Å²) in [5, 5.41) is 0. The molecule has 2 aromatic rings. The van der Waals surface area contributed by atoms with Crippen LogP contribution < -0.4 is 0 Å². The molecule has 0 fully saturated rings. The zero-order valence-electron chi connectivity index (χ0n) is 13.0. The summed E-state index contributed by atoms with van der Waals surface area (Å²) in [4.78, 5) is 2.11. The van der Waals surface area contributed by atoms with Crippen LogP contribution in [0.5, 0.6) is 0 Å². The van der Waals surface area contributed by atoms with E-state index >= 15 is 0 Å². The third-order valence-electron chi connectivity index (χ3n) is 3.96. The monoisotopic (exact) mass is 293 g/mol. The van der Waals surface area contributed by atoms with Crippen LogP contribution in [0.3, 0.4) is 0 Å². The van der Waals surface area contributed by atoms with E-state index in [2.05, 4.69) is 41.3 Å². The summed E-state index contributed by atoms with van der Waals surface area (Å²) in [6, 6.07) is 13.4. The summed E-state index contributed by atoms with van der Waals surface area (Å²) in [6.07, 6.45) is 8.53. The van der Waals surface area contributed by atoms with Gasteiger partial charge in [-0.1, -0.05) is 54.6 Å². The molecular weight excluding hydrogens is 273 g/mol. The van der Waals surface area contributed by atoms with Gasteiger partial charge in [-0.2, -0.15) is 0 Å². The van der Waals surface area contributed by atoms with Gasteiger partial charge in [-0.15, -0.1) is 0 Å². The highest BCUT2D eigenvalue weighted by Gasteiger charge is 2.19. The Bertz CT molecular complexity index is 728. The minimum absolute atomic E-state index is 0.0804. The van der Waals surface area contributed by atoms with Crippen LogP contribution in [0.2, 0.25) is 0 Å². The topological polar surface area (TPSA) is 3.24 Å². The molecule has 0 aliphatic heterocycles. The largest absolute Gasteiger partial charge is 0.306 e. The lowest BCUT2D eigenvalue weighted by atomic mass is 9.87. The van der Waals surface area contributed by atoms with Crippen molar-refractivity contribution in [3.05, 3.63) is 82.7 Å². The molecule has 1 aliphatic carbocycles. The SMILES string of the molecule is CN(C)CC=CC1c2ccccc2C=Cc2ccc(F)cc21. The van der Waals surface area contributed by atoms with Crippen LogP contribution >= 0.6 is 0 Å². The molecule has 1 aliphatic rings. The van der Waals surface area contributed by atoms with Crippen molar-refractivity contribution in [2.75, 3.05) is 20.6 Å². The summed E-state index contributed by atoms with van der Waals surface area (Å²) in [6.45, 7) is 0.872. The van der Waals surface area contributed by atoms with Gasteiger partial charge in [0.1, 0.15) is 5.82 Å². The first-order valence-electron chi connectivity index (χ1n) is 7.53. The summed E-state index contributed by atoms with van der Waals surface area (Å²) in [5.41, 5.74) is 4.52. The van der Waals surface area contributed by atoms with E-state index in [4.69, 9.17) is 0 Å². The molecule has 0 aromatic heterocycles. The number of nitrogens with zero attached hydrogens (tertiary/aromatic N) is 1. The maximum Gasteiger partial charge on any atom is 0.123 e. The van der Waals surface area contributed by atoms with Crippen LogP contribution in [0, 0.1) is 5.82 Å². The fourth-order valence-corrected chi connectivity index (χ4v) is 2.87. The molecule has 0 saturated carbocycles. The first-order valence-corrected chi connectivity index (χ1v) is 7.53. The lowest BCUT2D eigenvalue weighted by molar-refractivity contribution is 0.456. The molecule has 0 bridgehead atoms. The molecule has 1 nitrogen and oxygen atoms in total. The quantitative estimate of drug-likeness (QED) is 0.750. The molecule has 0 spiro atoms. The average molecular weight is 293 g/mol. The maximum atomic E-state index is 13.8. The van der Waals surface area contributed by atoms with E-state index in [1.165, 1.54) is 17.2 Å². The van der Waals surface area contributed by atoms with E-state index in [0.717, 1.165) is 17.7 Å². The summed E-state index contributed by atoms with van der Waals surface area (Å²) in [7, 11) is 4.08. The van der Waals surface area contributed by atoms with Crippen molar-refractivity contribution in [2.45, 2.75) is 5.92 Å². The second-order valence-corrected chi connectivity index (χ2v) is 5.90. The predicted octanol–water partition coefficient (Wildman–Crippen LogP) is 4.56. The number of rotatable bonds is 3. The Hall–Kier alpha value is -2.19. The molecule has 3 rings (SSSR count). The summed E-state index contributed by atoms with van der Waals surface area (Å²) in [5.74, 6) is -0.102. The Kier molecular flexibility index (Phi) is 4.21. The average Bonchev–Trinajstić information content (AvgIpc) is 2.65. The van der Waals surface area contributed by atoms with Crippen LogP contribution in [0.15, 0.2) is 54.6 Å². The first-order chi connectivity index (χ1) is 10.6. The minimum atomic E-state index is -0.183. The Balaban J connectivity index is 2.11. The second-order valence-electron chi connectivity index (χ2n) is 5.90. The van der Waals surface area contributed by atoms with Crippen LogP contribution in [-0.2, 0) is 0 Å². The highest BCUT2D eigenvalue weighted by Crippen LogP contribution is 2.35.